The van der Waals surface area contributed by atoms with Gasteiger partial charge < -0.3 is 14.9 Å². The van der Waals surface area contributed by atoms with E-state index in [1.165, 1.54) is 6.92 Å². The number of aliphatic carboxylic acids is 1. The second-order valence-electron chi connectivity index (χ2n) is 3.81. The Kier molecular flexibility index (Phi) is 4.15. The number of carboxylic acids is 1. The summed E-state index contributed by atoms with van der Waals surface area (Å²) in [5, 5.41) is 18.8. The minimum Gasteiger partial charge on any atom is -0.491 e. The number of aliphatic hydroxyl groups is 1. The first kappa shape index (κ1) is 12.8. The van der Waals surface area contributed by atoms with Gasteiger partial charge in [-0.1, -0.05) is 17.7 Å². The van der Waals surface area contributed by atoms with Crippen molar-refractivity contribution in [3.63, 3.8) is 0 Å². The van der Waals surface area contributed by atoms with E-state index in [0.29, 0.717) is 10.8 Å². The molecule has 0 aromatic heterocycles. The maximum Gasteiger partial charge on any atom is 0.306 e. The molecule has 0 bridgehead atoms. The van der Waals surface area contributed by atoms with E-state index in [2.05, 4.69) is 0 Å². The molecule has 0 aliphatic carbocycles. The lowest BCUT2D eigenvalue weighted by atomic mass is 10.0. The normalized spacial score (nSPS) is 14.2. The molecule has 0 saturated heterocycles. The number of rotatable bonds is 5. The molecular formula is C11H13ClO4. The molecule has 1 atom stereocenters. The minimum atomic E-state index is -1.39. The third-order valence-electron chi connectivity index (χ3n) is 1.88. The molecule has 2 N–H and O–H groups in total. The molecule has 1 unspecified atom stereocenters. The summed E-state index contributed by atoms with van der Waals surface area (Å²) < 4.78 is 5.25. The summed E-state index contributed by atoms with van der Waals surface area (Å²) in [6.07, 6.45) is -0.367. The van der Waals surface area contributed by atoms with Gasteiger partial charge in [0.25, 0.3) is 0 Å². The van der Waals surface area contributed by atoms with Gasteiger partial charge in [0.1, 0.15) is 18.0 Å². The average Bonchev–Trinajstić information content (AvgIpc) is 2.13. The Labute approximate surface area is 98.4 Å². The second-order valence-corrected chi connectivity index (χ2v) is 4.25. The van der Waals surface area contributed by atoms with E-state index in [9.17, 15) is 9.90 Å². The predicted molar refractivity (Wildman–Crippen MR) is 59.8 cm³/mol. The minimum absolute atomic E-state index is 0.0976. The first-order valence-corrected chi connectivity index (χ1v) is 5.09. The van der Waals surface area contributed by atoms with Crippen LogP contribution in [0.2, 0.25) is 5.02 Å². The number of carboxylic acid groups (broad SMARTS) is 1. The zero-order valence-electron chi connectivity index (χ0n) is 8.81. The van der Waals surface area contributed by atoms with Crippen LogP contribution >= 0.6 is 11.6 Å². The molecule has 0 spiro atoms. The number of benzene rings is 1. The van der Waals surface area contributed by atoms with Crippen LogP contribution in [0.1, 0.15) is 13.3 Å². The zero-order chi connectivity index (χ0) is 12.2. The van der Waals surface area contributed by atoms with E-state index in [-0.39, 0.29) is 13.0 Å². The van der Waals surface area contributed by atoms with E-state index >= 15 is 0 Å². The Morgan fingerprint density at radius 2 is 2.25 bits per heavy atom. The van der Waals surface area contributed by atoms with Gasteiger partial charge >= 0.3 is 5.97 Å². The molecule has 0 heterocycles. The molecule has 0 fully saturated rings. The lowest BCUT2D eigenvalue weighted by Crippen LogP contribution is -2.34. The van der Waals surface area contributed by atoms with Crippen molar-refractivity contribution in [2.45, 2.75) is 18.9 Å². The molecule has 0 aliphatic heterocycles. The van der Waals surface area contributed by atoms with Gasteiger partial charge in [-0.25, -0.2) is 0 Å². The summed E-state index contributed by atoms with van der Waals surface area (Å²) in [5.41, 5.74) is -1.39. The molecule has 0 saturated carbocycles. The highest BCUT2D eigenvalue weighted by molar-refractivity contribution is 6.30. The fourth-order valence-corrected chi connectivity index (χ4v) is 1.35. The molecule has 0 amide bonds. The zero-order valence-corrected chi connectivity index (χ0v) is 9.57. The number of ether oxygens (including phenoxy) is 1. The van der Waals surface area contributed by atoms with E-state index < -0.39 is 11.6 Å². The highest BCUT2D eigenvalue weighted by atomic mass is 35.5. The highest BCUT2D eigenvalue weighted by Gasteiger charge is 2.25. The lowest BCUT2D eigenvalue weighted by Gasteiger charge is -2.21. The van der Waals surface area contributed by atoms with Gasteiger partial charge in [-0.2, -0.15) is 0 Å². The third-order valence-corrected chi connectivity index (χ3v) is 2.11. The Morgan fingerprint density at radius 1 is 1.56 bits per heavy atom. The fourth-order valence-electron chi connectivity index (χ4n) is 1.17. The van der Waals surface area contributed by atoms with Gasteiger partial charge in [0.05, 0.1) is 6.42 Å². The summed E-state index contributed by atoms with van der Waals surface area (Å²) in [6, 6.07) is 6.69. The van der Waals surface area contributed by atoms with Crippen molar-refractivity contribution < 1.29 is 19.7 Å². The van der Waals surface area contributed by atoms with Crippen molar-refractivity contribution >= 4 is 17.6 Å². The van der Waals surface area contributed by atoms with Crippen LogP contribution in [0.4, 0.5) is 0 Å². The van der Waals surface area contributed by atoms with Gasteiger partial charge in [0, 0.05) is 5.02 Å². The molecule has 5 heteroatoms. The number of hydrogen-bond acceptors (Lipinski definition) is 3. The number of carbonyl (C=O) groups is 1. The maximum absolute atomic E-state index is 10.4. The molecule has 1 aromatic carbocycles. The van der Waals surface area contributed by atoms with Crippen LogP contribution in [0.15, 0.2) is 24.3 Å². The Morgan fingerprint density at radius 3 is 2.81 bits per heavy atom. The smallest absolute Gasteiger partial charge is 0.306 e. The monoisotopic (exact) mass is 244 g/mol. The summed E-state index contributed by atoms with van der Waals surface area (Å²) >= 11 is 5.74. The van der Waals surface area contributed by atoms with Gasteiger partial charge in [0.2, 0.25) is 0 Å². The van der Waals surface area contributed by atoms with Crippen LogP contribution < -0.4 is 4.74 Å². The van der Waals surface area contributed by atoms with Crippen molar-refractivity contribution in [3.8, 4) is 5.75 Å². The van der Waals surface area contributed by atoms with Crippen LogP contribution in [0, 0.1) is 0 Å². The van der Waals surface area contributed by atoms with Crippen LogP contribution in [-0.4, -0.2) is 28.4 Å². The molecule has 16 heavy (non-hydrogen) atoms. The Balaban J connectivity index is 2.54. The van der Waals surface area contributed by atoms with Crippen LogP contribution in [0.5, 0.6) is 5.75 Å². The summed E-state index contributed by atoms with van der Waals surface area (Å²) in [5.74, 6) is -0.571. The van der Waals surface area contributed by atoms with Gasteiger partial charge in [0.15, 0.2) is 0 Å². The van der Waals surface area contributed by atoms with Gasteiger partial charge in [-0.15, -0.1) is 0 Å². The van der Waals surface area contributed by atoms with Crippen molar-refractivity contribution in [3.05, 3.63) is 29.3 Å². The molecule has 4 nitrogen and oxygen atoms in total. The summed E-state index contributed by atoms with van der Waals surface area (Å²) in [6.45, 7) is 1.31. The SMILES string of the molecule is CC(O)(COc1cccc(Cl)c1)CC(=O)O. The second kappa shape index (κ2) is 5.18. The average molecular weight is 245 g/mol. The molecule has 0 aliphatic rings. The molecule has 1 rings (SSSR count). The summed E-state index contributed by atoms with van der Waals surface area (Å²) in [7, 11) is 0. The predicted octanol–water partition coefficient (Wildman–Crippen LogP) is 1.94. The van der Waals surface area contributed by atoms with Gasteiger partial charge in [-0.05, 0) is 25.1 Å². The lowest BCUT2D eigenvalue weighted by molar-refractivity contribution is -0.143. The molecule has 1 aromatic rings. The van der Waals surface area contributed by atoms with Crippen LogP contribution in [0.25, 0.3) is 0 Å². The standard InChI is InChI=1S/C11H13ClO4/c1-11(15,6-10(13)14)7-16-9-4-2-3-8(12)5-9/h2-5,15H,6-7H2,1H3,(H,13,14). The Hall–Kier alpha value is -1.26. The summed E-state index contributed by atoms with van der Waals surface area (Å²) in [4.78, 5) is 10.4. The topological polar surface area (TPSA) is 66.8 Å². The van der Waals surface area contributed by atoms with E-state index in [0.717, 1.165) is 0 Å². The number of hydrogen-bond donors (Lipinski definition) is 2. The van der Waals surface area contributed by atoms with Crippen molar-refractivity contribution in [2.75, 3.05) is 6.61 Å². The van der Waals surface area contributed by atoms with Crippen LogP contribution in [-0.2, 0) is 4.79 Å². The van der Waals surface area contributed by atoms with E-state index in [4.69, 9.17) is 21.4 Å². The quantitative estimate of drug-likeness (QED) is 0.831. The first-order chi connectivity index (χ1) is 7.39. The molecule has 88 valence electrons. The molecule has 0 radical (unpaired) electrons. The van der Waals surface area contributed by atoms with E-state index in [1.807, 2.05) is 0 Å². The van der Waals surface area contributed by atoms with Crippen molar-refractivity contribution in [1.82, 2.24) is 0 Å². The fraction of sp³-hybridized carbons (Fsp3) is 0.364. The molecular weight excluding hydrogens is 232 g/mol. The van der Waals surface area contributed by atoms with E-state index in [1.54, 1.807) is 24.3 Å². The number of halogens is 1. The van der Waals surface area contributed by atoms with Crippen molar-refractivity contribution in [1.29, 1.82) is 0 Å². The maximum atomic E-state index is 10.4. The third kappa shape index (κ3) is 4.51. The highest BCUT2D eigenvalue weighted by Crippen LogP contribution is 2.19. The van der Waals surface area contributed by atoms with Gasteiger partial charge in [-0.3, -0.25) is 4.79 Å². The first-order valence-electron chi connectivity index (χ1n) is 4.72. The largest absolute Gasteiger partial charge is 0.491 e. The van der Waals surface area contributed by atoms with Crippen LogP contribution in [0.3, 0.4) is 0 Å². The van der Waals surface area contributed by atoms with Crippen molar-refractivity contribution in [2.24, 2.45) is 0 Å². The Bertz CT molecular complexity index is 376.